The van der Waals surface area contributed by atoms with Crippen molar-refractivity contribution in [3.05, 3.63) is 69.9 Å². The fourth-order valence-corrected chi connectivity index (χ4v) is 6.06. The molecule has 4 aromatic rings. The average molecular weight is 517 g/mol. The van der Waals surface area contributed by atoms with Gasteiger partial charge in [0.05, 0.1) is 7.11 Å². The molecule has 0 bridgehead atoms. The molecule has 1 aromatic carbocycles. The maximum Gasteiger partial charge on any atom is 0.296 e. The van der Waals surface area contributed by atoms with Gasteiger partial charge in [0.15, 0.2) is 0 Å². The minimum atomic E-state index is 0.0521. The second kappa shape index (κ2) is 12.1. The standard InChI is InChI=1S/C31H41N5O2/c1-4-27-32-23(2)29-31(37)35(26-14-15-28(38-3)33-30(26)36(27)29)19-11-6-5-10-18-34-20-16-25(17-21-34)22-24-12-8-7-9-13-24/h7-9,12-15,25H,4-6,10-11,16-22H2,1-3H3/p+1. The lowest BCUT2D eigenvalue weighted by Crippen LogP contribution is -2.37. The summed E-state index contributed by atoms with van der Waals surface area (Å²) in [5.74, 6) is 2.36. The largest absolute Gasteiger partial charge is 0.469 e. The summed E-state index contributed by atoms with van der Waals surface area (Å²) < 4.78 is 9.30. The number of ether oxygens (including phenoxy) is 1. The molecule has 1 fully saturated rings. The van der Waals surface area contributed by atoms with Crippen molar-refractivity contribution in [1.29, 1.82) is 0 Å². The minimum Gasteiger partial charge on any atom is -0.469 e. The molecule has 0 spiro atoms. The third-order valence-electron chi connectivity index (χ3n) is 8.18. The molecular formula is C31H42N5O2+. The highest BCUT2D eigenvalue weighted by atomic mass is 16.5. The normalized spacial score (nSPS) is 15.0. The Morgan fingerprint density at radius 1 is 1.03 bits per heavy atom. The van der Waals surface area contributed by atoms with Gasteiger partial charge in [0, 0.05) is 19.0 Å². The molecule has 4 heterocycles. The molecule has 0 aliphatic carbocycles. The predicted molar refractivity (Wildman–Crippen MR) is 152 cm³/mol. The Morgan fingerprint density at radius 3 is 2.47 bits per heavy atom. The number of nitrogens with one attached hydrogen (secondary N) is 1. The summed E-state index contributed by atoms with van der Waals surface area (Å²) in [5, 5.41) is 0. The van der Waals surface area contributed by atoms with Gasteiger partial charge in [-0.05, 0) is 76.2 Å². The Morgan fingerprint density at radius 2 is 1.76 bits per heavy atom. The van der Waals surface area contributed by atoms with Crippen LogP contribution in [0, 0.1) is 12.8 Å². The van der Waals surface area contributed by atoms with Crippen molar-refractivity contribution in [2.45, 2.75) is 71.8 Å². The lowest BCUT2D eigenvalue weighted by atomic mass is 9.90. The van der Waals surface area contributed by atoms with E-state index in [9.17, 15) is 4.79 Å². The number of benzene rings is 1. The lowest BCUT2D eigenvalue weighted by molar-refractivity contribution is -0.495. The van der Waals surface area contributed by atoms with E-state index in [0.717, 1.165) is 47.9 Å². The van der Waals surface area contributed by atoms with E-state index in [1.807, 2.05) is 28.0 Å². The molecule has 0 saturated carbocycles. The van der Waals surface area contributed by atoms with E-state index in [4.69, 9.17) is 9.72 Å². The highest BCUT2D eigenvalue weighted by Gasteiger charge is 2.24. The van der Waals surface area contributed by atoms with Gasteiger partial charge >= 0.3 is 0 Å². The van der Waals surface area contributed by atoms with Crippen LogP contribution in [-0.4, -0.2) is 46.2 Å². The number of pyridine rings is 1. The van der Waals surface area contributed by atoms with E-state index in [2.05, 4.69) is 47.1 Å². The number of methoxy groups -OCH3 is 1. The molecule has 202 valence electrons. The Hall–Kier alpha value is -3.19. The number of likely N-dealkylation sites (tertiary alicyclic amines) is 1. The van der Waals surface area contributed by atoms with Crippen LogP contribution >= 0.6 is 0 Å². The minimum absolute atomic E-state index is 0.0521. The molecule has 7 nitrogen and oxygen atoms in total. The number of hydrogen-bond donors (Lipinski definition) is 1. The van der Waals surface area contributed by atoms with Crippen molar-refractivity contribution in [3.63, 3.8) is 0 Å². The van der Waals surface area contributed by atoms with Crippen LogP contribution in [0.15, 0.2) is 47.3 Å². The van der Waals surface area contributed by atoms with Crippen LogP contribution in [0.1, 0.15) is 62.5 Å². The van der Waals surface area contributed by atoms with Crippen LogP contribution < -0.4 is 14.7 Å². The summed E-state index contributed by atoms with van der Waals surface area (Å²) in [6, 6.07) is 14.7. The maximum absolute atomic E-state index is 13.6. The number of nitrogens with zero attached hydrogens (tertiary/aromatic N) is 4. The second-order valence-corrected chi connectivity index (χ2v) is 10.8. The van der Waals surface area contributed by atoms with Crippen LogP contribution in [0.3, 0.4) is 0 Å². The predicted octanol–water partition coefficient (Wildman–Crippen LogP) is 4.86. The Bertz CT molecular complexity index is 1420. The first kappa shape index (κ1) is 26.4. The van der Waals surface area contributed by atoms with Crippen LogP contribution in [0.2, 0.25) is 0 Å². The summed E-state index contributed by atoms with van der Waals surface area (Å²) in [6.45, 7) is 8.40. The van der Waals surface area contributed by atoms with Crippen LogP contribution in [0.4, 0.5) is 0 Å². The van der Waals surface area contributed by atoms with Crippen LogP contribution in [0.5, 0.6) is 5.88 Å². The fourth-order valence-electron chi connectivity index (χ4n) is 6.06. The zero-order valence-corrected chi connectivity index (χ0v) is 23.2. The maximum atomic E-state index is 13.6. The number of aromatic nitrogens is 4. The van der Waals surface area contributed by atoms with Crippen molar-refractivity contribution in [2.75, 3.05) is 26.7 Å². The molecule has 1 saturated heterocycles. The van der Waals surface area contributed by atoms with Gasteiger partial charge < -0.3 is 9.64 Å². The number of rotatable bonds is 11. The Balaban J connectivity index is 1.15. The first-order chi connectivity index (χ1) is 18.6. The zero-order chi connectivity index (χ0) is 26.5. The number of unbranched alkanes of at least 4 members (excludes halogenated alkanes) is 3. The summed E-state index contributed by atoms with van der Waals surface area (Å²) >= 11 is 0. The lowest BCUT2D eigenvalue weighted by Gasteiger charge is -2.32. The number of H-pyrrole nitrogens is 1. The summed E-state index contributed by atoms with van der Waals surface area (Å²) in [5.41, 5.74) is 4.74. The molecule has 0 atom stereocenters. The monoisotopic (exact) mass is 516 g/mol. The third kappa shape index (κ3) is 5.63. The van der Waals surface area contributed by atoms with Gasteiger partial charge in [-0.3, -0.25) is 14.3 Å². The van der Waals surface area contributed by atoms with Gasteiger partial charge in [-0.2, -0.15) is 4.40 Å². The molecule has 1 aliphatic heterocycles. The van der Waals surface area contributed by atoms with Crippen molar-refractivity contribution >= 4 is 16.7 Å². The van der Waals surface area contributed by atoms with E-state index in [1.54, 1.807) is 7.11 Å². The van der Waals surface area contributed by atoms with Crippen LogP contribution in [0.25, 0.3) is 16.7 Å². The second-order valence-electron chi connectivity index (χ2n) is 10.8. The van der Waals surface area contributed by atoms with Gasteiger partial charge in [0.2, 0.25) is 11.3 Å². The number of piperidine rings is 1. The highest BCUT2D eigenvalue weighted by Crippen LogP contribution is 2.22. The Kier molecular flexibility index (Phi) is 8.42. The number of imidazole rings is 1. The van der Waals surface area contributed by atoms with Gasteiger partial charge in [-0.1, -0.05) is 55.1 Å². The molecule has 7 heteroatoms. The van der Waals surface area contributed by atoms with Gasteiger partial charge in [0.1, 0.15) is 11.2 Å². The molecule has 1 aliphatic rings. The first-order valence-electron chi connectivity index (χ1n) is 14.4. The fraction of sp³-hybridized carbons (Fsp3) is 0.516. The van der Waals surface area contributed by atoms with E-state index in [-0.39, 0.29) is 5.56 Å². The van der Waals surface area contributed by atoms with Crippen LogP contribution in [-0.2, 0) is 19.4 Å². The summed E-state index contributed by atoms with van der Waals surface area (Å²) in [6.07, 6.45) is 9.16. The van der Waals surface area contributed by atoms with Gasteiger partial charge in [-0.15, -0.1) is 0 Å². The smallest absolute Gasteiger partial charge is 0.296 e. The van der Waals surface area contributed by atoms with E-state index < -0.39 is 0 Å². The van der Waals surface area contributed by atoms with E-state index in [1.165, 1.54) is 57.3 Å². The third-order valence-corrected chi connectivity index (χ3v) is 8.18. The van der Waals surface area contributed by atoms with Gasteiger partial charge in [-0.25, -0.2) is 0 Å². The van der Waals surface area contributed by atoms with Crippen molar-refractivity contribution in [3.8, 4) is 5.88 Å². The van der Waals surface area contributed by atoms with Crippen molar-refractivity contribution in [1.82, 2.24) is 19.4 Å². The number of aryl methyl sites for hydroxylation is 3. The average Bonchev–Trinajstić information content (AvgIpc) is 3.30. The molecule has 0 unspecified atom stereocenters. The van der Waals surface area contributed by atoms with E-state index in [0.29, 0.717) is 17.9 Å². The molecular weight excluding hydrogens is 474 g/mol. The Labute approximate surface area is 225 Å². The first-order valence-corrected chi connectivity index (χ1v) is 14.4. The topological polar surface area (TPSA) is 67.2 Å². The van der Waals surface area contributed by atoms with E-state index >= 15 is 0 Å². The molecule has 5 rings (SSSR count). The quantitative estimate of drug-likeness (QED) is 0.228. The number of fused-ring (bicyclic) bond motifs is 3. The SMILES string of the molecule is CCc1[nH]c(C)c2c(=O)n(CCCCCCN3CCC(Cc4ccccc4)CC3)c3ccc(OC)nc3[n+]12. The molecule has 3 aromatic heterocycles. The summed E-state index contributed by atoms with van der Waals surface area (Å²) in [4.78, 5) is 24.3. The number of aromatic amines is 1. The van der Waals surface area contributed by atoms with Gasteiger partial charge in [0.25, 0.3) is 17.1 Å². The molecule has 1 N–H and O–H groups in total. The van der Waals surface area contributed by atoms with Crippen molar-refractivity contribution < 1.29 is 9.14 Å². The molecule has 0 radical (unpaired) electrons. The zero-order valence-electron chi connectivity index (χ0n) is 23.2. The summed E-state index contributed by atoms with van der Waals surface area (Å²) in [7, 11) is 1.63. The molecule has 38 heavy (non-hydrogen) atoms. The highest BCUT2D eigenvalue weighted by molar-refractivity contribution is 5.70. The number of hydrogen-bond acceptors (Lipinski definition) is 4. The molecule has 0 amide bonds. The van der Waals surface area contributed by atoms with Crippen molar-refractivity contribution in [2.24, 2.45) is 5.92 Å².